The summed E-state index contributed by atoms with van der Waals surface area (Å²) in [5, 5.41) is 9.48. The molecule has 0 atom stereocenters. The first-order chi connectivity index (χ1) is 12.9. The third-order valence-electron chi connectivity index (χ3n) is 4.74. The molecule has 0 radical (unpaired) electrons. The number of rotatable bonds is 3. The van der Waals surface area contributed by atoms with Gasteiger partial charge in [-0.05, 0) is 25.5 Å². The van der Waals surface area contributed by atoms with Gasteiger partial charge in [0, 0.05) is 43.8 Å². The monoisotopic (exact) mass is 420 g/mol. The van der Waals surface area contributed by atoms with Crippen molar-refractivity contribution >= 4 is 57.9 Å². The van der Waals surface area contributed by atoms with Crippen LogP contribution in [-0.2, 0) is 11.8 Å². The highest BCUT2D eigenvalue weighted by atomic mass is 32.2. The lowest BCUT2D eigenvalue weighted by molar-refractivity contribution is -0.121. The number of likely N-dealkylation sites (N-methyl/N-ethyl adjacent to an activating group) is 1. The number of hydrogen-bond donors (Lipinski definition) is 0. The van der Waals surface area contributed by atoms with Gasteiger partial charge < -0.3 is 4.90 Å². The molecule has 27 heavy (non-hydrogen) atoms. The molecule has 2 aliphatic rings. The maximum Gasteiger partial charge on any atom is 0.270 e. The van der Waals surface area contributed by atoms with E-state index in [0.717, 1.165) is 36.0 Å². The zero-order valence-corrected chi connectivity index (χ0v) is 17.9. The molecule has 0 aliphatic carbocycles. The zero-order valence-electron chi connectivity index (χ0n) is 15.4. The van der Waals surface area contributed by atoms with E-state index in [9.17, 15) is 14.9 Å². The normalized spacial score (nSPS) is 19.1. The van der Waals surface area contributed by atoms with E-state index in [0.29, 0.717) is 21.3 Å². The fourth-order valence-corrected chi connectivity index (χ4v) is 5.54. The summed E-state index contributed by atoms with van der Waals surface area (Å²) in [7, 11) is 1.69. The molecule has 3 rings (SSSR count). The van der Waals surface area contributed by atoms with Crippen LogP contribution in [0.25, 0.3) is 6.08 Å². The molecular weight excluding hydrogens is 400 g/mol. The zero-order chi connectivity index (χ0) is 19.7. The lowest BCUT2D eigenvalue weighted by Gasteiger charge is -2.32. The van der Waals surface area contributed by atoms with Crippen LogP contribution in [0, 0.1) is 18.3 Å². The number of aromatic nitrogens is 1. The molecule has 0 N–H and O–H groups in total. The van der Waals surface area contributed by atoms with Gasteiger partial charge in [0.15, 0.2) is 0 Å². The quantitative estimate of drug-likeness (QED) is 0.549. The average molecular weight is 421 g/mol. The van der Waals surface area contributed by atoms with Gasteiger partial charge in [-0.25, -0.2) is 0 Å². The van der Waals surface area contributed by atoms with E-state index in [-0.39, 0.29) is 17.0 Å². The first-order valence-corrected chi connectivity index (χ1v) is 11.0. The summed E-state index contributed by atoms with van der Waals surface area (Å²) in [6, 6.07) is 2.03. The second-order valence-corrected chi connectivity index (χ2v) is 9.14. The minimum Gasteiger partial charge on any atom is -0.356 e. The fraction of sp³-hybridized carbons (Fsp3) is 0.444. The Kier molecular flexibility index (Phi) is 5.99. The first kappa shape index (κ1) is 20.0. The summed E-state index contributed by atoms with van der Waals surface area (Å²) >= 11 is 8.45. The summed E-state index contributed by atoms with van der Waals surface area (Å²) in [6.45, 7) is 5.82. The number of thiocarbonyl (C=S) groups is 1. The number of carbonyl (C=O) groups is 1. The lowest BCUT2D eigenvalue weighted by Crippen LogP contribution is -2.38. The summed E-state index contributed by atoms with van der Waals surface area (Å²) in [6.07, 6.45) is 1.79. The summed E-state index contributed by atoms with van der Waals surface area (Å²) in [5.74, 6) is 2.59. The second-order valence-electron chi connectivity index (χ2n) is 6.24. The van der Waals surface area contributed by atoms with E-state index in [4.69, 9.17) is 12.2 Å². The van der Waals surface area contributed by atoms with Crippen molar-refractivity contribution in [3.63, 3.8) is 0 Å². The fourth-order valence-electron chi connectivity index (χ4n) is 3.27. The van der Waals surface area contributed by atoms with Crippen molar-refractivity contribution in [2.24, 2.45) is 7.05 Å². The Balaban J connectivity index is 2.22. The Hall–Kier alpha value is -1.76. The van der Waals surface area contributed by atoms with Crippen LogP contribution in [0.1, 0.15) is 23.6 Å². The van der Waals surface area contributed by atoms with Crippen LogP contribution < -0.4 is 10.5 Å². The molecule has 0 unspecified atom stereocenters. The number of nitriles is 1. The van der Waals surface area contributed by atoms with Crippen LogP contribution in [-0.4, -0.2) is 50.8 Å². The molecule has 2 saturated heterocycles. The van der Waals surface area contributed by atoms with E-state index in [1.165, 1.54) is 16.3 Å². The second kappa shape index (κ2) is 8.09. The lowest BCUT2D eigenvalue weighted by atomic mass is 10.0. The number of thioether (sulfide) groups is 2. The molecule has 0 saturated carbocycles. The van der Waals surface area contributed by atoms with Gasteiger partial charge >= 0.3 is 0 Å². The van der Waals surface area contributed by atoms with E-state index in [1.807, 2.05) is 24.8 Å². The highest BCUT2D eigenvalue weighted by Gasteiger charge is 2.32. The topological polar surface area (TPSA) is 69.3 Å². The number of pyridine rings is 1. The van der Waals surface area contributed by atoms with E-state index in [1.54, 1.807) is 24.9 Å². The Labute approximate surface area is 172 Å². The Morgan fingerprint density at radius 2 is 1.96 bits per heavy atom. The predicted octanol–water partition coefficient (Wildman–Crippen LogP) is 2.34. The third kappa shape index (κ3) is 3.53. The number of hydrogen-bond acceptors (Lipinski definition) is 7. The third-order valence-corrected chi connectivity index (χ3v) is 7.06. The minimum absolute atomic E-state index is 0.116. The standard InChI is InChI=1S/C18H20N4O2S3/c1-4-22-17(24)14(27-18(22)25)9-12-11(2)13(10-19)16(23)20(3)15(12)21-5-7-26-8-6-21/h9H,4-8H2,1-3H3/b14-9-. The minimum atomic E-state index is -0.304. The molecule has 3 heterocycles. The largest absolute Gasteiger partial charge is 0.356 e. The van der Waals surface area contributed by atoms with E-state index < -0.39 is 0 Å². The van der Waals surface area contributed by atoms with Gasteiger partial charge in [-0.1, -0.05) is 24.0 Å². The molecule has 142 valence electrons. The van der Waals surface area contributed by atoms with Crippen molar-refractivity contribution < 1.29 is 4.79 Å². The van der Waals surface area contributed by atoms with Crippen molar-refractivity contribution in [2.45, 2.75) is 13.8 Å². The molecule has 1 amide bonds. The Morgan fingerprint density at radius 3 is 2.52 bits per heavy atom. The smallest absolute Gasteiger partial charge is 0.270 e. The molecule has 2 aliphatic heterocycles. The summed E-state index contributed by atoms with van der Waals surface area (Å²) < 4.78 is 2.07. The van der Waals surface area contributed by atoms with E-state index >= 15 is 0 Å². The molecule has 6 nitrogen and oxygen atoms in total. The molecule has 2 fully saturated rings. The first-order valence-electron chi connectivity index (χ1n) is 8.62. The van der Waals surface area contributed by atoms with Crippen molar-refractivity contribution in [3.8, 4) is 6.07 Å². The SMILES string of the molecule is CCN1C(=O)/C(=C/c2c(C)c(C#N)c(=O)n(C)c2N2CCSCC2)SC1=S. The van der Waals surface area contributed by atoms with Crippen LogP contribution in [0.2, 0.25) is 0 Å². The summed E-state index contributed by atoms with van der Waals surface area (Å²) in [5.41, 5.74) is 1.17. The van der Waals surface area contributed by atoms with Crippen LogP contribution in [0.3, 0.4) is 0 Å². The molecular formula is C18H20N4O2S3. The van der Waals surface area contributed by atoms with Crippen molar-refractivity contribution in [1.29, 1.82) is 5.26 Å². The van der Waals surface area contributed by atoms with Crippen LogP contribution in [0.4, 0.5) is 5.82 Å². The maximum absolute atomic E-state index is 12.7. The van der Waals surface area contributed by atoms with Crippen LogP contribution in [0.15, 0.2) is 9.70 Å². The van der Waals surface area contributed by atoms with Crippen LogP contribution in [0.5, 0.6) is 0 Å². The highest BCUT2D eigenvalue weighted by Crippen LogP contribution is 2.35. The molecule has 0 bridgehead atoms. The number of amides is 1. The van der Waals surface area contributed by atoms with Gasteiger partial charge in [-0.3, -0.25) is 19.1 Å². The predicted molar refractivity (Wildman–Crippen MR) is 116 cm³/mol. The van der Waals surface area contributed by atoms with Gasteiger partial charge in [0.2, 0.25) is 0 Å². The van der Waals surface area contributed by atoms with Gasteiger partial charge in [-0.15, -0.1) is 0 Å². The van der Waals surface area contributed by atoms with Gasteiger partial charge in [0.05, 0.1) is 4.91 Å². The Morgan fingerprint density at radius 1 is 1.30 bits per heavy atom. The molecule has 0 aromatic carbocycles. The molecule has 0 spiro atoms. The number of nitrogens with zero attached hydrogens (tertiary/aromatic N) is 4. The van der Waals surface area contributed by atoms with E-state index in [2.05, 4.69) is 4.90 Å². The maximum atomic E-state index is 12.7. The van der Waals surface area contributed by atoms with Gasteiger partial charge in [0.1, 0.15) is 21.8 Å². The number of carbonyl (C=O) groups excluding carboxylic acids is 1. The molecule has 1 aromatic heterocycles. The van der Waals surface area contributed by atoms with Gasteiger partial charge in [-0.2, -0.15) is 17.0 Å². The van der Waals surface area contributed by atoms with Crippen molar-refractivity contribution in [3.05, 3.63) is 31.9 Å². The average Bonchev–Trinajstić information content (AvgIpc) is 2.93. The van der Waals surface area contributed by atoms with Gasteiger partial charge in [0.25, 0.3) is 11.5 Å². The number of anilines is 1. The molecule has 1 aromatic rings. The Bertz CT molecular complexity index is 939. The summed E-state index contributed by atoms with van der Waals surface area (Å²) in [4.78, 5) is 29.6. The van der Waals surface area contributed by atoms with Crippen molar-refractivity contribution in [2.75, 3.05) is 36.0 Å². The van der Waals surface area contributed by atoms with Crippen LogP contribution >= 0.6 is 35.7 Å². The molecule has 9 heteroatoms. The highest BCUT2D eigenvalue weighted by molar-refractivity contribution is 8.26. The van der Waals surface area contributed by atoms with Crippen molar-refractivity contribution in [1.82, 2.24) is 9.47 Å².